The molecule has 0 atom stereocenters. The van der Waals surface area contributed by atoms with Crippen molar-refractivity contribution in [2.75, 3.05) is 6.54 Å². The normalized spacial score (nSPS) is 13.8. The molecule has 0 fully saturated rings. The van der Waals surface area contributed by atoms with Crippen LogP contribution < -0.4 is 5.43 Å². The molecule has 0 aliphatic heterocycles. The third-order valence-electron chi connectivity index (χ3n) is 1.15. The number of nitrogens with zero attached hydrogens (tertiary/aromatic N) is 1. The maximum absolute atomic E-state index is 4.15. The quantitative estimate of drug-likeness (QED) is 0.500. The Morgan fingerprint density at radius 2 is 1.58 bits per heavy atom. The lowest BCUT2D eigenvalue weighted by atomic mass is 9.97. The second-order valence-corrected chi connectivity index (χ2v) is 5.52. The van der Waals surface area contributed by atoms with Gasteiger partial charge < -0.3 is 5.43 Å². The van der Waals surface area contributed by atoms with E-state index in [1.165, 1.54) is 0 Å². The summed E-state index contributed by atoms with van der Waals surface area (Å²) in [6, 6.07) is 0. The van der Waals surface area contributed by atoms with Crippen molar-refractivity contribution in [2.24, 2.45) is 15.9 Å². The van der Waals surface area contributed by atoms with Crippen molar-refractivity contribution >= 4 is 6.21 Å². The van der Waals surface area contributed by atoms with Crippen LogP contribution in [0.25, 0.3) is 0 Å². The van der Waals surface area contributed by atoms with E-state index in [1.54, 1.807) is 0 Å². The lowest BCUT2D eigenvalue weighted by Crippen LogP contribution is -2.23. The van der Waals surface area contributed by atoms with Crippen molar-refractivity contribution in [2.45, 2.75) is 41.5 Å². The SMILES string of the molecule is CC(C)(C)/C=N/NCC(C)(C)C. The Labute approximate surface area is 76.4 Å². The zero-order valence-corrected chi connectivity index (χ0v) is 9.23. The van der Waals surface area contributed by atoms with Crippen LogP contribution in [0.15, 0.2) is 5.10 Å². The maximum atomic E-state index is 4.15. The highest BCUT2D eigenvalue weighted by Crippen LogP contribution is 2.11. The van der Waals surface area contributed by atoms with Gasteiger partial charge in [-0.3, -0.25) is 0 Å². The summed E-state index contributed by atoms with van der Waals surface area (Å²) in [6.45, 7) is 13.9. The molecule has 0 saturated heterocycles. The van der Waals surface area contributed by atoms with Gasteiger partial charge in [0.2, 0.25) is 0 Å². The molecule has 0 amide bonds. The molecule has 0 saturated carbocycles. The standard InChI is InChI=1S/C10H22N2/c1-9(2,3)7-11-12-8-10(4,5)6/h7,12H,8H2,1-6H3/b11-7+. The van der Waals surface area contributed by atoms with Crippen LogP contribution in [0.5, 0.6) is 0 Å². The van der Waals surface area contributed by atoms with Gasteiger partial charge in [-0.15, -0.1) is 0 Å². The summed E-state index contributed by atoms with van der Waals surface area (Å²) in [5.41, 5.74) is 3.52. The average Bonchev–Trinajstić information content (AvgIpc) is 1.76. The number of hydrogen-bond acceptors (Lipinski definition) is 2. The van der Waals surface area contributed by atoms with E-state index in [-0.39, 0.29) is 5.41 Å². The predicted molar refractivity (Wildman–Crippen MR) is 55.4 cm³/mol. The van der Waals surface area contributed by atoms with E-state index in [2.05, 4.69) is 52.1 Å². The molecular formula is C10H22N2. The molecule has 1 N–H and O–H groups in total. The molecule has 0 bridgehead atoms. The Balaban J connectivity index is 3.64. The van der Waals surface area contributed by atoms with Crippen molar-refractivity contribution in [1.29, 1.82) is 0 Å². The number of hydrazone groups is 1. The molecule has 0 radical (unpaired) electrons. The summed E-state index contributed by atoms with van der Waals surface area (Å²) in [4.78, 5) is 0. The predicted octanol–water partition coefficient (Wildman–Crippen LogP) is 2.65. The van der Waals surface area contributed by atoms with Crippen molar-refractivity contribution in [3.63, 3.8) is 0 Å². The average molecular weight is 170 g/mol. The molecule has 0 rings (SSSR count). The summed E-state index contributed by atoms with van der Waals surface area (Å²) in [5, 5.41) is 4.15. The van der Waals surface area contributed by atoms with Gasteiger partial charge in [-0.05, 0) is 10.8 Å². The third-order valence-corrected chi connectivity index (χ3v) is 1.15. The third kappa shape index (κ3) is 9.47. The zero-order valence-electron chi connectivity index (χ0n) is 9.23. The van der Waals surface area contributed by atoms with Gasteiger partial charge in [0.05, 0.1) is 0 Å². The molecule has 2 heteroatoms. The van der Waals surface area contributed by atoms with Crippen LogP contribution in [0.3, 0.4) is 0 Å². The highest BCUT2D eigenvalue weighted by molar-refractivity contribution is 5.63. The molecule has 12 heavy (non-hydrogen) atoms. The van der Waals surface area contributed by atoms with Gasteiger partial charge in [0.15, 0.2) is 0 Å². The fourth-order valence-electron chi connectivity index (χ4n) is 0.522. The van der Waals surface area contributed by atoms with Gasteiger partial charge in [0, 0.05) is 12.8 Å². The number of rotatable bonds is 2. The second kappa shape index (κ2) is 3.92. The molecule has 2 nitrogen and oxygen atoms in total. The first-order valence-corrected chi connectivity index (χ1v) is 4.48. The van der Waals surface area contributed by atoms with Gasteiger partial charge in [-0.2, -0.15) is 5.10 Å². The molecule has 72 valence electrons. The molecule has 0 aromatic heterocycles. The topological polar surface area (TPSA) is 24.4 Å². The van der Waals surface area contributed by atoms with Crippen molar-refractivity contribution < 1.29 is 0 Å². The molecule has 0 unspecified atom stereocenters. The van der Waals surface area contributed by atoms with Crippen LogP contribution in [-0.2, 0) is 0 Å². The molecule has 0 aliphatic rings. The summed E-state index contributed by atoms with van der Waals surface area (Å²) < 4.78 is 0. The maximum Gasteiger partial charge on any atom is 0.0378 e. The van der Waals surface area contributed by atoms with E-state index in [9.17, 15) is 0 Å². The molecular weight excluding hydrogens is 148 g/mol. The molecule has 0 heterocycles. The largest absolute Gasteiger partial charge is 0.310 e. The van der Waals surface area contributed by atoms with Gasteiger partial charge in [-0.1, -0.05) is 41.5 Å². The highest BCUT2D eigenvalue weighted by atomic mass is 15.3. The van der Waals surface area contributed by atoms with Gasteiger partial charge in [-0.25, -0.2) is 0 Å². The molecule has 0 spiro atoms. The first-order chi connectivity index (χ1) is 5.21. The van der Waals surface area contributed by atoms with Gasteiger partial charge >= 0.3 is 0 Å². The van der Waals surface area contributed by atoms with Crippen LogP contribution in [0.4, 0.5) is 0 Å². The Morgan fingerprint density at radius 3 is 1.92 bits per heavy atom. The Hall–Kier alpha value is -0.530. The van der Waals surface area contributed by atoms with Gasteiger partial charge in [0.1, 0.15) is 0 Å². The van der Waals surface area contributed by atoms with E-state index in [0.29, 0.717) is 5.41 Å². The fraction of sp³-hybridized carbons (Fsp3) is 0.900. The summed E-state index contributed by atoms with van der Waals surface area (Å²) in [6.07, 6.45) is 1.94. The van der Waals surface area contributed by atoms with E-state index in [0.717, 1.165) is 6.54 Å². The van der Waals surface area contributed by atoms with E-state index in [4.69, 9.17) is 0 Å². The van der Waals surface area contributed by atoms with E-state index < -0.39 is 0 Å². The fourth-order valence-corrected chi connectivity index (χ4v) is 0.522. The molecule has 0 aromatic rings. The summed E-state index contributed by atoms with van der Waals surface area (Å²) in [7, 11) is 0. The second-order valence-electron chi connectivity index (χ2n) is 5.52. The highest BCUT2D eigenvalue weighted by Gasteiger charge is 2.09. The lowest BCUT2D eigenvalue weighted by Gasteiger charge is -2.17. The van der Waals surface area contributed by atoms with Crippen molar-refractivity contribution in [3.05, 3.63) is 0 Å². The van der Waals surface area contributed by atoms with Crippen molar-refractivity contribution in [1.82, 2.24) is 5.43 Å². The Bertz CT molecular complexity index is 146. The minimum atomic E-state index is 0.172. The number of nitrogens with one attached hydrogen (secondary N) is 1. The molecule has 0 aliphatic carbocycles. The van der Waals surface area contributed by atoms with Crippen molar-refractivity contribution in [3.8, 4) is 0 Å². The van der Waals surface area contributed by atoms with Crippen LogP contribution >= 0.6 is 0 Å². The minimum Gasteiger partial charge on any atom is -0.310 e. The zero-order chi connectivity index (χ0) is 9.83. The van der Waals surface area contributed by atoms with Crippen LogP contribution in [0.1, 0.15) is 41.5 Å². The minimum absolute atomic E-state index is 0.172. The first-order valence-electron chi connectivity index (χ1n) is 4.48. The summed E-state index contributed by atoms with van der Waals surface area (Å²) >= 11 is 0. The summed E-state index contributed by atoms with van der Waals surface area (Å²) in [5.74, 6) is 0. The monoisotopic (exact) mass is 170 g/mol. The van der Waals surface area contributed by atoms with Crippen LogP contribution in [0, 0.1) is 10.8 Å². The van der Waals surface area contributed by atoms with E-state index >= 15 is 0 Å². The Kier molecular flexibility index (Phi) is 3.75. The van der Waals surface area contributed by atoms with Crippen LogP contribution in [-0.4, -0.2) is 12.8 Å². The lowest BCUT2D eigenvalue weighted by molar-refractivity contribution is 0.384. The van der Waals surface area contributed by atoms with Crippen LogP contribution in [0.2, 0.25) is 0 Å². The van der Waals surface area contributed by atoms with E-state index in [1.807, 2.05) is 6.21 Å². The van der Waals surface area contributed by atoms with Gasteiger partial charge in [0.25, 0.3) is 0 Å². The smallest absolute Gasteiger partial charge is 0.0378 e. The Morgan fingerprint density at radius 1 is 1.08 bits per heavy atom. The molecule has 0 aromatic carbocycles. The number of hydrogen-bond donors (Lipinski definition) is 1. The first kappa shape index (κ1) is 11.5.